The molecule has 8 rings (SSSR count). The Morgan fingerprint density at radius 1 is 0.440 bits per heavy atom. The van der Waals surface area contributed by atoms with Crippen LogP contribution in [0.5, 0.6) is 11.5 Å². The minimum absolute atomic E-state index is 0. The zero-order chi connectivity index (χ0) is 33.8. The Hall–Kier alpha value is -5.19. The van der Waals surface area contributed by atoms with Crippen LogP contribution in [0.3, 0.4) is 0 Å². The molecule has 0 radical (unpaired) electrons. The van der Waals surface area contributed by atoms with Gasteiger partial charge in [0.2, 0.25) is 0 Å². The monoisotopic (exact) mass is 837 g/mol. The maximum Gasteiger partial charge on any atom is 2.00 e. The summed E-state index contributed by atoms with van der Waals surface area (Å²) in [6.07, 6.45) is 0. The molecular formula is C43H38N4O2Pt. The van der Waals surface area contributed by atoms with E-state index in [1.807, 2.05) is 36.4 Å². The number of aromatic hydroxyl groups is 2. The Morgan fingerprint density at radius 2 is 0.800 bits per heavy atom. The third-order valence-corrected chi connectivity index (χ3v) is 9.73. The van der Waals surface area contributed by atoms with Gasteiger partial charge in [-0.1, -0.05) is 72.8 Å². The Balaban J connectivity index is 0.00000392. The molecule has 0 spiro atoms. The van der Waals surface area contributed by atoms with E-state index in [1.54, 1.807) is 12.1 Å². The summed E-state index contributed by atoms with van der Waals surface area (Å²) in [6, 6.07) is 40.9. The summed E-state index contributed by atoms with van der Waals surface area (Å²) in [6.45, 7) is 13.1. The molecular weight excluding hydrogens is 800 g/mol. The number of anilines is 6. The van der Waals surface area contributed by atoms with Crippen LogP contribution in [0.2, 0.25) is 0 Å². The van der Waals surface area contributed by atoms with Gasteiger partial charge in [-0.25, -0.2) is 0 Å². The minimum atomic E-state index is 0. The molecule has 2 aliphatic rings. The molecule has 2 aliphatic heterocycles. The normalized spacial score (nSPS) is 13.4. The first-order chi connectivity index (χ1) is 23.8. The number of para-hydroxylation sites is 4. The van der Waals surface area contributed by atoms with Gasteiger partial charge in [-0.2, -0.15) is 0 Å². The quantitative estimate of drug-likeness (QED) is 0.163. The van der Waals surface area contributed by atoms with Crippen LogP contribution in [0, 0.1) is 41.0 Å². The number of fused-ring (bicyclic) bond motifs is 2. The molecule has 6 nitrogen and oxygen atoms in total. The standard InChI is InChI=1S/C43H38N4O2.Pt/c1-28-11-9-12-29(2)42(28)32-19-21-40(48)38(23-32)46-26-44(34-15-5-7-17-36(34)46)25-45-27-47(37-18-8-6-16-35(37)45)39-24-33(20-22-41(39)49)43-30(3)13-10-14-31(43)4;/h5-24,26-27,48-49H,25H2,1-4H3;/q-2;+2. The molecule has 0 aliphatic carbocycles. The van der Waals surface area contributed by atoms with E-state index < -0.39 is 0 Å². The number of hydrogen-bond acceptors (Lipinski definition) is 6. The molecule has 0 fully saturated rings. The van der Waals surface area contributed by atoms with Crippen LogP contribution in [0.15, 0.2) is 121 Å². The summed E-state index contributed by atoms with van der Waals surface area (Å²) in [4.78, 5) is 8.54. The second-order valence-corrected chi connectivity index (χ2v) is 13.0. The number of aryl methyl sites for hydroxylation is 4. The van der Waals surface area contributed by atoms with Crippen LogP contribution in [-0.4, -0.2) is 16.9 Å². The maximum absolute atomic E-state index is 11.2. The van der Waals surface area contributed by atoms with Gasteiger partial charge in [0.15, 0.2) is 0 Å². The third-order valence-electron chi connectivity index (χ3n) is 9.73. The van der Waals surface area contributed by atoms with Gasteiger partial charge in [0.05, 0.1) is 11.4 Å². The van der Waals surface area contributed by atoms with Crippen molar-refractivity contribution in [1.82, 2.24) is 0 Å². The van der Waals surface area contributed by atoms with E-state index in [1.165, 1.54) is 33.4 Å². The number of phenols is 2. The van der Waals surface area contributed by atoms with Crippen molar-refractivity contribution in [3.05, 3.63) is 157 Å². The summed E-state index contributed by atoms with van der Waals surface area (Å²) < 4.78 is 0. The molecule has 6 aromatic carbocycles. The van der Waals surface area contributed by atoms with Crippen LogP contribution >= 0.6 is 0 Å². The van der Waals surface area contributed by atoms with Crippen LogP contribution in [0.1, 0.15) is 22.3 Å². The second-order valence-electron chi connectivity index (χ2n) is 13.0. The SMILES string of the molecule is Cc1cccc(C)c1-c1ccc(O)c(N2[CH-]N(CN3[CH-]N(c4cc(-c5c(C)cccc5C)ccc4O)c4ccccc43)c3ccccc32)c1.[Pt+2]. The topological polar surface area (TPSA) is 53.4 Å². The fourth-order valence-electron chi connectivity index (χ4n) is 7.41. The Kier molecular flexibility index (Phi) is 8.83. The van der Waals surface area contributed by atoms with Crippen molar-refractivity contribution in [2.45, 2.75) is 27.7 Å². The Morgan fingerprint density at radius 3 is 1.18 bits per heavy atom. The van der Waals surface area contributed by atoms with Crippen molar-refractivity contribution in [2.75, 3.05) is 26.3 Å². The van der Waals surface area contributed by atoms with Crippen molar-refractivity contribution in [1.29, 1.82) is 0 Å². The number of rotatable bonds is 6. The predicted octanol–water partition coefficient (Wildman–Crippen LogP) is 10.5. The van der Waals surface area contributed by atoms with Gasteiger partial charge in [0.25, 0.3) is 0 Å². The van der Waals surface area contributed by atoms with E-state index in [0.717, 1.165) is 45.3 Å². The Labute approximate surface area is 308 Å². The summed E-state index contributed by atoms with van der Waals surface area (Å²) in [5.41, 5.74) is 14.7. The van der Waals surface area contributed by atoms with Crippen LogP contribution in [-0.2, 0) is 21.1 Å². The van der Waals surface area contributed by atoms with Crippen LogP contribution in [0.25, 0.3) is 22.3 Å². The zero-order valence-corrected chi connectivity index (χ0v) is 30.7. The number of nitrogens with zero attached hydrogens (tertiary/aromatic N) is 4. The van der Waals surface area contributed by atoms with E-state index in [2.05, 4.69) is 133 Å². The van der Waals surface area contributed by atoms with Gasteiger partial charge in [-0.15, -0.1) is 13.3 Å². The summed E-state index contributed by atoms with van der Waals surface area (Å²) in [7, 11) is 0. The van der Waals surface area contributed by atoms with Gasteiger partial charge in [-0.05, 0) is 121 Å². The molecule has 50 heavy (non-hydrogen) atoms. The summed E-state index contributed by atoms with van der Waals surface area (Å²) >= 11 is 0. The molecule has 0 aromatic heterocycles. The van der Waals surface area contributed by atoms with Crippen molar-refractivity contribution in [3.63, 3.8) is 0 Å². The maximum atomic E-state index is 11.2. The van der Waals surface area contributed by atoms with Gasteiger partial charge < -0.3 is 29.8 Å². The van der Waals surface area contributed by atoms with E-state index in [0.29, 0.717) is 6.67 Å². The van der Waals surface area contributed by atoms with E-state index in [4.69, 9.17) is 0 Å². The second kappa shape index (κ2) is 13.3. The first-order valence-electron chi connectivity index (χ1n) is 16.6. The molecule has 0 unspecified atom stereocenters. The van der Waals surface area contributed by atoms with E-state index in [-0.39, 0.29) is 32.6 Å². The van der Waals surface area contributed by atoms with E-state index >= 15 is 0 Å². The minimum Gasteiger partial charge on any atom is -0.506 e. The summed E-state index contributed by atoms with van der Waals surface area (Å²) in [5.74, 6) is 0.429. The largest absolute Gasteiger partial charge is 2.00 e. The first-order valence-corrected chi connectivity index (χ1v) is 16.6. The predicted molar refractivity (Wildman–Crippen MR) is 202 cm³/mol. The molecule has 6 aromatic rings. The van der Waals surface area contributed by atoms with Gasteiger partial charge in [-0.3, -0.25) is 0 Å². The van der Waals surface area contributed by atoms with Crippen LogP contribution < -0.4 is 19.6 Å². The number of benzene rings is 6. The van der Waals surface area contributed by atoms with Gasteiger partial charge >= 0.3 is 21.1 Å². The van der Waals surface area contributed by atoms with Gasteiger partial charge in [0, 0.05) is 29.4 Å². The third kappa shape index (κ3) is 5.68. The number of hydrogen-bond donors (Lipinski definition) is 2. The van der Waals surface area contributed by atoms with Crippen LogP contribution in [0.4, 0.5) is 34.1 Å². The molecule has 0 saturated heterocycles. The Bertz CT molecular complexity index is 2040. The van der Waals surface area contributed by atoms with Crippen molar-refractivity contribution >= 4 is 34.1 Å². The van der Waals surface area contributed by atoms with E-state index in [9.17, 15) is 10.2 Å². The fraction of sp³-hybridized carbons (Fsp3) is 0.116. The smallest absolute Gasteiger partial charge is 0.506 e. The summed E-state index contributed by atoms with van der Waals surface area (Å²) in [5, 5.41) is 22.4. The van der Waals surface area contributed by atoms with Crippen molar-refractivity contribution in [2.24, 2.45) is 0 Å². The first kappa shape index (κ1) is 33.3. The molecule has 0 saturated carbocycles. The molecule has 252 valence electrons. The van der Waals surface area contributed by atoms with Gasteiger partial charge in [0.1, 0.15) is 11.5 Å². The van der Waals surface area contributed by atoms with Crippen molar-refractivity contribution in [3.8, 4) is 33.8 Å². The molecule has 2 heterocycles. The molecule has 0 atom stereocenters. The number of phenolic OH excluding ortho intramolecular Hbond substituents is 2. The van der Waals surface area contributed by atoms with Crippen molar-refractivity contribution < 1.29 is 31.3 Å². The molecule has 0 bridgehead atoms. The average molecular weight is 838 g/mol. The molecule has 0 amide bonds. The molecule has 7 heteroatoms. The zero-order valence-electron chi connectivity index (χ0n) is 28.4. The average Bonchev–Trinajstić information content (AvgIpc) is 3.64. The molecule has 2 N–H and O–H groups in total. The fourth-order valence-corrected chi connectivity index (χ4v) is 7.41.